The van der Waals surface area contributed by atoms with Crippen molar-refractivity contribution in [2.45, 2.75) is 45.7 Å². The molecule has 21 heavy (non-hydrogen) atoms. The van der Waals surface area contributed by atoms with E-state index in [9.17, 15) is 9.59 Å². The second kappa shape index (κ2) is 5.60. The van der Waals surface area contributed by atoms with E-state index < -0.39 is 0 Å². The summed E-state index contributed by atoms with van der Waals surface area (Å²) in [4.78, 5) is 26.3. The third kappa shape index (κ3) is 2.72. The summed E-state index contributed by atoms with van der Waals surface area (Å²) in [5.41, 5.74) is 1.82. The zero-order valence-corrected chi connectivity index (χ0v) is 12.6. The van der Waals surface area contributed by atoms with Crippen LogP contribution < -0.4 is 10.2 Å². The number of nitrogens with one attached hydrogen (secondary N) is 1. The Morgan fingerprint density at radius 3 is 2.48 bits per heavy atom. The lowest BCUT2D eigenvalue weighted by atomic mass is 9.96. The minimum Gasteiger partial charge on any atom is -0.310 e. The lowest BCUT2D eigenvalue weighted by Crippen LogP contribution is -2.46. The molecule has 0 aromatic heterocycles. The Kier molecular flexibility index (Phi) is 3.81. The number of hydrogen-bond donors (Lipinski definition) is 1. The molecule has 1 saturated heterocycles. The van der Waals surface area contributed by atoms with Crippen molar-refractivity contribution < 1.29 is 9.59 Å². The van der Waals surface area contributed by atoms with Gasteiger partial charge in [0.1, 0.15) is 0 Å². The first-order chi connectivity index (χ1) is 10.1. The average Bonchev–Trinajstić information content (AvgIpc) is 2.91. The van der Waals surface area contributed by atoms with Gasteiger partial charge in [-0.3, -0.25) is 14.5 Å². The highest BCUT2D eigenvalue weighted by atomic mass is 16.2. The summed E-state index contributed by atoms with van der Waals surface area (Å²) in [6, 6.07) is 8.16. The summed E-state index contributed by atoms with van der Waals surface area (Å²) in [7, 11) is 0. The zero-order valence-electron chi connectivity index (χ0n) is 12.6. The van der Waals surface area contributed by atoms with Crippen LogP contribution in [-0.4, -0.2) is 17.9 Å². The van der Waals surface area contributed by atoms with Crippen molar-refractivity contribution in [1.29, 1.82) is 0 Å². The van der Waals surface area contributed by atoms with Crippen molar-refractivity contribution in [2.75, 3.05) is 4.90 Å². The molecular weight excluding hydrogens is 264 g/mol. The Bertz CT molecular complexity index is 546. The molecule has 1 aliphatic carbocycles. The molecule has 1 saturated carbocycles. The molecule has 0 radical (unpaired) electrons. The number of fused-ring (bicyclic) bond motifs is 2. The summed E-state index contributed by atoms with van der Waals surface area (Å²) < 4.78 is 0. The first-order valence-electron chi connectivity index (χ1n) is 7.76. The van der Waals surface area contributed by atoms with E-state index in [1.54, 1.807) is 0 Å². The standard InChI is InChI=1S/C17H22N2O2/c1-11(2)18-10-12-4-3-5-15(8-12)19-16(20)13-6-7-14(9-13)17(19)21/h3-5,8,11,13-14,18H,6-7,9-10H2,1-2H3. The highest BCUT2D eigenvalue weighted by molar-refractivity contribution is 6.18. The molecule has 1 aromatic carbocycles. The molecule has 1 heterocycles. The van der Waals surface area contributed by atoms with E-state index in [1.807, 2.05) is 24.3 Å². The van der Waals surface area contributed by atoms with Crippen LogP contribution in [0.25, 0.3) is 0 Å². The zero-order chi connectivity index (χ0) is 15.0. The molecule has 4 nitrogen and oxygen atoms in total. The molecule has 2 bridgehead atoms. The molecule has 1 aliphatic heterocycles. The summed E-state index contributed by atoms with van der Waals surface area (Å²) >= 11 is 0. The Morgan fingerprint density at radius 2 is 1.86 bits per heavy atom. The molecule has 4 heteroatoms. The molecular formula is C17H22N2O2. The number of carbonyl (C=O) groups excluding carboxylic acids is 2. The molecule has 0 spiro atoms. The predicted octanol–water partition coefficient (Wildman–Crippen LogP) is 2.47. The maximum absolute atomic E-state index is 12.5. The van der Waals surface area contributed by atoms with E-state index >= 15 is 0 Å². The lowest BCUT2D eigenvalue weighted by molar-refractivity contribution is -0.132. The van der Waals surface area contributed by atoms with Crippen LogP contribution in [-0.2, 0) is 16.1 Å². The van der Waals surface area contributed by atoms with Crippen molar-refractivity contribution in [1.82, 2.24) is 5.32 Å². The van der Waals surface area contributed by atoms with Crippen LogP contribution in [0.2, 0.25) is 0 Å². The van der Waals surface area contributed by atoms with E-state index in [4.69, 9.17) is 0 Å². The summed E-state index contributed by atoms with van der Waals surface area (Å²) in [6.07, 6.45) is 2.48. The number of hydrogen-bond acceptors (Lipinski definition) is 3. The van der Waals surface area contributed by atoms with Gasteiger partial charge in [0.2, 0.25) is 11.8 Å². The van der Waals surface area contributed by atoms with Crippen LogP contribution in [0.15, 0.2) is 24.3 Å². The topological polar surface area (TPSA) is 49.4 Å². The van der Waals surface area contributed by atoms with Gasteiger partial charge in [0.05, 0.1) is 5.69 Å². The van der Waals surface area contributed by atoms with Crippen LogP contribution in [0.4, 0.5) is 5.69 Å². The van der Waals surface area contributed by atoms with Crippen molar-refractivity contribution in [3.8, 4) is 0 Å². The minimum atomic E-state index is -0.0114. The number of rotatable bonds is 4. The van der Waals surface area contributed by atoms with Gasteiger partial charge in [-0.15, -0.1) is 0 Å². The summed E-state index contributed by atoms with van der Waals surface area (Å²) in [5.74, 6) is 0.0701. The van der Waals surface area contributed by atoms with Crippen LogP contribution in [0.1, 0.15) is 38.7 Å². The van der Waals surface area contributed by atoms with Crippen molar-refractivity contribution in [2.24, 2.45) is 11.8 Å². The van der Waals surface area contributed by atoms with E-state index in [0.717, 1.165) is 37.1 Å². The molecule has 1 N–H and O–H groups in total. The molecule has 2 amide bonds. The highest BCUT2D eigenvalue weighted by Gasteiger charge is 2.45. The van der Waals surface area contributed by atoms with E-state index in [0.29, 0.717) is 6.04 Å². The van der Waals surface area contributed by atoms with Gasteiger partial charge in [-0.25, -0.2) is 0 Å². The Hall–Kier alpha value is -1.68. The smallest absolute Gasteiger partial charge is 0.236 e. The molecule has 2 unspecified atom stereocenters. The Morgan fingerprint density at radius 1 is 1.19 bits per heavy atom. The highest BCUT2D eigenvalue weighted by Crippen LogP contribution is 2.40. The molecule has 2 atom stereocenters. The number of piperidine rings is 1. The van der Waals surface area contributed by atoms with Gasteiger partial charge in [0.25, 0.3) is 0 Å². The van der Waals surface area contributed by atoms with E-state index in [-0.39, 0.29) is 23.7 Å². The van der Waals surface area contributed by atoms with Crippen molar-refractivity contribution >= 4 is 17.5 Å². The molecule has 3 rings (SSSR count). The van der Waals surface area contributed by atoms with Gasteiger partial charge < -0.3 is 5.32 Å². The van der Waals surface area contributed by atoms with Crippen LogP contribution in [0, 0.1) is 11.8 Å². The van der Waals surface area contributed by atoms with Crippen LogP contribution in [0.5, 0.6) is 0 Å². The summed E-state index contributed by atoms with van der Waals surface area (Å²) in [6.45, 7) is 4.94. The quantitative estimate of drug-likeness (QED) is 0.865. The maximum Gasteiger partial charge on any atom is 0.236 e. The fourth-order valence-corrected chi connectivity index (χ4v) is 3.29. The number of nitrogens with zero attached hydrogens (tertiary/aromatic N) is 1. The number of anilines is 1. The van der Waals surface area contributed by atoms with E-state index in [2.05, 4.69) is 19.2 Å². The number of amides is 2. The monoisotopic (exact) mass is 286 g/mol. The van der Waals surface area contributed by atoms with Crippen LogP contribution >= 0.6 is 0 Å². The number of benzene rings is 1. The molecule has 112 valence electrons. The van der Waals surface area contributed by atoms with E-state index in [1.165, 1.54) is 4.90 Å². The van der Waals surface area contributed by atoms with Gasteiger partial charge >= 0.3 is 0 Å². The number of imide groups is 1. The van der Waals surface area contributed by atoms with Gasteiger partial charge in [-0.1, -0.05) is 26.0 Å². The predicted molar refractivity (Wildman–Crippen MR) is 81.7 cm³/mol. The average molecular weight is 286 g/mol. The third-order valence-corrected chi connectivity index (χ3v) is 4.46. The summed E-state index contributed by atoms with van der Waals surface area (Å²) in [5, 5.41) is 3.36. The van der Waals surface area contributed by atoms with Gasteiger partial charge in [-0.2, -0.15) is 0 Å². The third-order valence-electron chi connectivity index (χ3n) is 4.46. The lowest BCUT2D eigenvalue weighted by Gasteiger charge is -2.30. The van der Waals surface area contributed by atoms with Crippen LogP contribution in [0.3, 0.4) is 0 Å². The first kappa shape index (κ1) is 14.3. The largest absolute Gasteiger partial charge is 0.310 e. The second-order valence-electron chi connectivity index (χ2n) is 6.42. The fraction of sp³-hybridized carbons (Fsp3) is 0.529. The fourth-order valence-electron chi connectivity index (χ4n) is 3.29. The SMILES string of the molecule is CC(C)NCc1cccc(N2C(=O)C3CCC(C3)C2=O)c1. The second-order valence-corrected chi connectivity index (χ2v) is 6.42. The molecule has 1 aromatic rings. The maximum atomic E-state index is 12.5. The normalized spacial score (nSPS) is 25.0. The van der Waals surface area contributed by atoms with Gasteiger partial charge in [0, 0.05) is 24.4 Å². The molecule has 2 fully saturated rings. The Labute approximate surface area is 125 Å². The first-order valence-corrected chi connectivity index (χ1v) is 7.76. The number of carbonyl (C=O) groups is 2. The van der Waals surface area contributed by atoms with Crippen molar-refractivity contribution in [3.05, 3.63) is 29.8 Å². The van der Waals surface area contributed by atoms with Crippen molar-refractivity contribution in [3.63, 3.8) is 0 Å². The van der Waals surface area contributed by atoms with Gasteiger partial charge in [-0.05, 0) is 37.0 Å². The molecule has 2 aliphatic rings. The van der Waals surface area contributed by atoms with Gasteiger partial charge in [0.15, 0.2) is 0 Å². The Balaban J connectivity index is 1.84. The minimum absolute atomic E-state index is 0.0114.